The highest BCUT2D eigenvalue weighted by Crippen LogP contribution is 2.28. The summed E-state index contributed by atoms with van der Waals surface area (Å²) in [5, 5.41) is 36.2. The number of ether oxygens (including phenoxy) is 14. The number of nitrogens with zero attached hydrogens (tertiary/aromatic N) is 1. The van der Waals surface area contributed by atoms with Gasteiger partial charge in [-0.15, -0.1) is 0 Å². The maximum absolute atomic E-state index is 12.3. The highest BCUT2D eigenvalue weighted by atomic mass is 31.1. The van der Waals surface area contributed by atoms with Crippen LogP contribution in [0, 0.1) is 0 Å². The van der Waals surface area contributed by atoms with Crippen LogP contribution < -0.4 is 15.4 Å². The van der Waals surface area contributed by atoms with Crippen LogP contribution >= 0.6 is 8.03 Å². The van der Waals surface area contributed by atoms with Crippen molar-refractivity contribution in [2.24, 2.45) is 0 Å². The van der Waals surface area contributed by atoms with Crippen LogP contribution in [0.3, 0.4) is 0 Å². The van der Waals surface area contributed by atoms with Gasteiger partial charge in [0, 0.05) is 43.8 Å². The lowest BCUT2D eigenvalue weighted by atomic mass is 9.97. The average molecular weight is 1130 g/mol. The van der Waals surface area contributed by atoms with Gasteiger partial charge in [0.2, 0.25) is 18.1 Å². The molecule has 3 rings (SSSR count). The number of unbranched alkanes of at least 4 members (excludes halogenated alkanes) is 2. The Morgan fingerprint density at radius 2 is 0.935 bits per heavy atom. The summed E-state index contributed by atoms with van der Waals surface area (Å²) in [7, 11) is -2.46. The predicted molar refractivity (Wildman–Crippen MR) is 273 cm³/mol. The molecule has 1 aromatic rings. The molecule has 0 saturated carbocycles. The summed E-state index contributed by atoms with van der Waals surface area (Å²) in [4.78, 5) is 57.6. The number of amides is 4. The number of nitrogens with one attached hydrogen (secondary N) is 2. The topological polar surface area (TPSA) is 323 Å². The normalized spacial score (nSPS) is 18.6. The summed E-state index contributed by atoms with van der Waals surface area (Å²) in [6.45, 7) is 10.7. The van der Waals surface area contributed by atoms with Gasteiger partial charge in [0.15, 0.2) is 6.16 Å². The second-order valence-electron chi connectivity index (χ2n) is 17.0. The van der Waals surface area contributed by atoms with Crippen LogP contribution in [-0.4, -0.2) is 257 Å². The van der Waals surface area contributed by atoms with E-state index >= 15 is 0 Å². The van der Waals surface area contributed by atoms with Gasteiger partial charge >= 0.3 is 8.03 Å². The number of benzene rings is 1. The van der Waals surface area contributed by atoms with E-state index in [1.807, 2.05) is 0 Å². The molecule has 27 heteroatoms. The van der Waals surface area contributed by atoms with Gasteiger partial charge in [0.25, 0.3) is 11.8 Å². The van der Waals surface area contributed by atoms with Crippen molar-refractivity contribution in [1.82, 2.24) is 10.2 Å². The molecule has 6 N–H and O–H groups in total. The zero-order valence-electron chi connectivity index (χ0n) is 44.1. The maximum atomic E-state index is 12.3. The van der Waals surface area contributed by atoms with Crippen molar-refractivity contribution >= 4 is 37.3 Å². The molecule has 0 spiro atoms. The van der Waals surface area contributed by atoms with Crippen LogP contribution in [0.5, 0.6) is 5.75 Å². The number of carbonyl (C=O) groups is 4. The van der Waals surface area contributed by atoms with Crippen molar-refractivity contribution in [3.63, 3.8) is 0 Å². The second kappa shape index (κ2) is 45.0. The Morgan fingerprint density at radius 3 is 1.36 bits per heavy atom. The van der Waals surface area contributed by atoms with E-state index in [-0.39, 0.29) is 55.0 Å². The third kappa shape index (κ3) is 34.1. The van der Waals surface area contributed by atoms with Gasteiger partial charge in [-0.2, -0.15) is 4.89 Å². The second-order valence-corrected chi connectivity index (χ2v) is 18.1. The molecular formula is C50H83N3O23P+. The zero-order valence-corrected chi connectivity index (χ0v) is 45.0. The predicted octanol–water partition coefficient (Wildman–Crippen LogP) is 0.127. The average Bonchev–Trinajstić information content (AvgIpc) is 3.74. The number of imide groups is 1. The number of aliphatic hydroxyl groups is 3. The first-order valence-electron chi connectivity index (χ1n) is 26.2. The van der Waals surface area contributed by atoms with Crippen LogP contribution in [-0.2, 0) is 85.3 Å². The summed E-state index contributed by atoms with van der Waals surface area (Å²) < 4.78 is 88.1. The van der Waals surface area contributed by atoms with Crippen LogP contribution in [0.1, 0.15) is 38.5 Å². The Kier molecular flexibility index (Phi) is 39.5. The van der Waals surface area contributed by atoms with Crippen molar-refractivity contribution < 1.29 is 110 Å². The number of hydrogen-bond donors (Lipinski definition) is 6. The first kappa shape index (κ1) is 67.5. The van der Waals surface area contributed by atoms with E-state index in [4.69, 9.17) is 71.2 Å². The van der Waals surface area contributed by atoms with Gasteiger partial charge in [-0.3, -0.25) is 24.1 Å². The number of rotatable bonds is 51. The fourth-order valence-electron chi connectivity index (χ4n) is 6.89. The van der Waals surface area contributed by atoms with Gasteiger partial charge < -0.3 is 92.3 Å². The monoisotopic (exact) mass is 1120 g/mol. The molecule has 1 fully saturated rings. The Morgan fingerprint density at radius 1 is 0.519 bits per heavy atom. The SMILES string of the molecule is O=C(CCCCCN1C(=O)C=CC1=O)NCCOCCOCCOCCOCCOCCOCCOCCOCCOCCOCCOCCOCCC(=O)Nc1ccc(O[C@H]2O[C@H](CC[P+](=O)O)[C@@H](O)[C@H](O)[C@@H]2O)cc1. The van der Waals surface area contributed by atoms with Crippen LogP contribution in [0.15, 0.2) is 36.4 Å². The minimum Gasteiger partial charge on any atom is -0.462 e. The molecule has 440 valence electrons. The molecule has 6 atom stereocenters. The highest BCUT2D eigenvalue weighted by Gasteiger charge is 2.45. The molecule has 77 heavy (non-hydrogen) atoms. The third-order valence-electron chi connectivity index (χ3n) is 11.0. The minimum absolute atomic E-state index is 0.0163. The fraction of sp³-hybridized carbons (Fsp3) is 0.760. The van der Waals surface area contributed by atoms with Gasteiger partial charge in [-0.05, 0) is 41.7 Å². The molecule has 26 nitrogen and oxygen atoms in total. The van der Waals surface area contributed by atoms with E-state index in [9.17, 15) is 39.1 Å². The molecular weight excluding hydrogens is 1040 g/mol. The summed E-state index contributed by atoms with van der Waals surface area (Å²) in [5.74, 6) is -0.622. The van der Waals surface area contributed by atoms with E-state index in [2.05, 4.69) is 10.6 Å². The molecule has 1 unspecified atom stereocenters. The number of hydrogen-bond acceptors (Lipinski definition) is 22. The zero-order chi connectivity index (χ0) is 55.4. The summed E-state index contributed by atoms with van der Waals surface area (Å²) in [6, 6.07) is 6.22. The molecule has 0 bridgehead atoms. The Bertz CT molecular complexity index is 1740. The molecule has 0 aliphatic carbocycles. The van der Waals surface area contributed by atoms with Crippen molar-refractivity contribution in [1.29, 1.82) is 0 Å². The van der Waals surface area contributed by atoms with Crippen molar-refractivity contribution in [3.8, 4) is 5.75 Å². The Balaban J connectivity index is 0.932. The Labute approximate surface area is 451 Å². The van der Waals surface area contributed by atoms with Gasteiger partial charge in [-0.25, -0.2) is 0 Å². The van der Waals surface area contributed by atoms with Gasteiger partial charge in [0.1, 0.15) is 24.1 Å². The number of carbonyl (C=O) groups excluding carboxylic acids is 4. The van der Waals surface area contributed by atoms with Crippen molar-refractivity contribution in [2.45, 2.75) is 69.2 Å². The molecule has 0 radical (unpaired) electrons. The number of aliphatic hydroxyl groups excluding tert-OH is 3. The summed E-state index contributed by atoms with van der Waals surface area (Å²) in [6.07, 6.45) is -1.93. The van der Waals surface area contributed by atoms with Gasteiger partial charge in [0.05, 0.1) is 171 Å². The maximum Gasteiger partial charge on any atom is 0.505 e. The first-order chi connectivity index (χ1) is 37.5. The standard InChI is InChI=1S/C50H82N3O23P/c54-43(4-2-1-3-14-53-45(56)9-10-46(53)57)51-13-16-64-18-20-66-22-24-68-26-28-70-30-32-72-34-36-74-38-37-73-35-33-71-31-29-69-27-25-67-23-21-65-19-17-63-15-11-44(55)52-40-5-7-41(8-6-40)75-50-49(60)48(59)47(58)42(76-50)12-39-77(61)62/h5-10,42,47-50,58-60H,1-4,11-39H2,(H2-,51,52,54,55,61,62)/p+1/t42-,47-,48+,49+,50+/m1/s1. The molecule has 2 aliphatic rings. The minimum atomic E-state index is -2.46. The lowest BCUT2D eigenvalue weighted by Gasteiger charge is -2.39. The highest BCUT2D eigenvalue weighted by molar-refractivity contribution is 7.37. The van der Waals surface area contributed by atoms with E-state index in [1.165, 1.54) is 29.2 Å². The largest absolute Gasteiger partial charge is 0.505 e. The summed E-state index contributed by atoms with van der Waals surface area (Å²) in [5.41, 5.74) is 0.490. The van der Waals surface area contributed by atoms with E-state index in [0.717, 1.165) is 6.42 Å². The quantitative estimate of drug-likeness (QED) is 0.0287. The number of anilines is 1. The molecule has 2 aliphatic heterocycles. The van der Waals surface area contributed by atoms with Crippen molar-refractivity contribution in [3.05, 3.63) is 36.4 Å². The lowest BCUT2D eigenvalue weighted by molar-refractivity contribution is -0.272. The fourth-order valence-corrected chi connectivity index (χ4v) is 7.36. The molecule has 1 aromatic carbocycles. The molecule has 1 saturated heterocycles. The van der Waals surface area contributed by atoms with Crippen LogP contribution in [0.25, 0.3) is 0 Å². The van der Waals surface area contributed by atoms with E-state index in [1.54, 1.807) is 12.1 Å². The van der Waals surface area contributed by atoms with E-state index < -0.39 is 38.7 Å². The molecule has 2 heterocycles. The third-order valence-corrected chi connectivity index (χ3v) is 11.6. The first-order valence-corrected chi connectivity index (χ1v) is 27.6. The van der Waals surface area contributed by atoms with Crippen molar-refractivity contribution in [2.75, 3.05) is 183 Å². The smallest absolute Gasteiger partial charge is 0.462 e. The Hall–Kier alpha value is -3.74. The van der Waals surface area contributed by atoms with Crippen LogP contribution in [0.2, 0.25) is 0 Å². The van der Waals surface area contributed by atoms with Crippen LogP contribution in [0.4, 0.5) is 5.69 Å². The van der Waals surface area contributed by atoms with E-state index in [0.29, 0.717) is 190 Å². The molecule has 4 amide bonds. The molecule has 0 aromatic heterocycles. The lowest BCUT2D eigenvalue weighted by Crippen LogP contribution is -2.59. The van der Waals surface area contributed by atoms with Gasteiger partial charge in [-0.1, -0.05) is 6.42 Å². The summed E-state index contributed by atoms with van der Waals surface area (Å²) >= 11 is 0.